The van der Waals surface area contributed by atoms with E-state index < -0.39 is 0 Å². The lowest BCUT2D eigenvalue weighted by Gasteiger charge is -2.41. The molecule has 2 rings (SSSR count). The molecule has 2 atom stereocenters. The minimum Gasteiger partial charge on any atom is -0.326 e. The van der Waals surface area contributed by atoms with Gasteiger partial charge in [0.15, 0.2) is 0 Å². The van der Waals surface area contributed by atoms with Crippen LogP contribution in [0.4, 0.5) is 5.69 Å². The Morgan fingerprint density at radius 3 is 2.58 bits per heavy atom. The summed E-state index contributed by atoms with van der Waals surface area (Å²) in [6.45, 7) is 4.44. The number of nitro groups is 1. The van der Waals surface area contributed by atoms with Crippen molar-refractivity contribution in [2.75, 3.05) is 0 Å². The second-order valence-electron chi connectivity index (χ2n) is 5.81. The Morgan fingerprint density at radius 1 is 1.37 bits per heavy atom. The van der Waals surface area contributed by atoms with Crippen LogP contribution in [0, 0.1) is 15.5 Å². The molecule has 104 valence electrons. The lowest BCUT2D eigenvalue weighted by Crippen LogP contribution is -2.48. The summed E-state index contributed by atoms with van der Waals surface area (Å²) in [6.07, 6.45) is 3.49. The summed E-state index contributed by atoms with van der Waals surface area (Å²) in [5.41, 5.74) is 6.67. The lowest BCUT2D eigenvalue weighted by molar-refractivity contribution is -0.384. The Morgan fingerprint density at radius 2 is 2.00 bits per heavy atom. The van der Waals surface area contributed by atoms with Crippen molar-refractivity contribution in [3.63, 3.8) is 0 Å². The van der Waals surface area contributed by atoms with Crippen molar-refractivity contribution >= 4 is 17.4 Å². The van der Waals surface area contributed by atoms with Crippen molar-refractivity contribution in [3.8, 4) is 0 Å². The maximum atomic E-state index is 10.6. The molecule has 1 aliphatic carbocycles. The molecule has 0 spiro atoms. The van der Waals surface area contributed by atoms with E-state index in [0.29, 0.717) is 5.25 Å². The van der Waals surface area contributed by atoms with Crippen LogP contribution in [0.5, 0.6) is 0 Å². The predicted octanol–water partition coefficient (Wildman–Crippen LogP) is 3.59. The highest BCUT2D eigenvalue weighted by Crippen LogP contribution is 2.41. The molecule has 0 heterocycles. The van der Waals surface area contributed by atoms with Crippen LogP contribution in [0.2, 0.25) is 0 Å². The zero-order valence-corrected chi connectivity index (χ0v) is 12.2. The normalized spacial score (nSPS) is 26.1. The van der Waals surface area contributed by atoms with Gasteiger partial charge in [-0.15, -0.1) is 11.8 Å². The summed E-state index contributed by atoms with van der Waals surface area (Å²) in [4.78, 5) is 11.3. The van der Waals surface area contributed by atoms with Gasteiger partial charge >= 0.3 is 0 Å². The number of nitrogens with zero attached hydrogens (tertiary/aromatic N) is 1. The van der Waals surface area contributed by atoms with E-state index in [4.69, 9.17) is 5.73 Å². The van der Waals surface area contributed by atoms with Crippen molar-refractivity contribution in [2.24, 2.45) is 11.1 Å². The number of benzene rings is 1. The van der Waals surface area contributed by atoms with Gasteiger partial charge in [0.2, 0.25) is 0 Å². The molecular formula is C14H20N2O2S. The molecule has 1 aromatic rings. The van der Waals surface area contributed by atoms with E-state index in [9.17, 15) is 10.1 Å². The summed E-state index contributed by atoms with van der Waals surface area (Å²) in [5.74, 6) is 0. The van der Waals surface area contributed by atoms with Gasteiger partial charge in [-0.2, -0.15) is 0 Å². The first-order valence-electron chi connectivity index (χ1n) is 6.57. The molecule has 1 saturated carbocycles. The van der Waals surface area contributed by atoms with Crippen LogP contribution < -0.4 is 5.73 Å². The SMILES string of the molecule is CC1(C)CCCC(Sc2ccc([N+](=O)[O-])cc2)C1N. The third-order valence-electron chi connectivity index (χ3n) is 3.95. The Kier molecular flexibility index (Phi) is 4.16. The van der Waals surface area contributed by atoms with Gasteiger partial charge < -0.3 is 5.73 Å². The third-order valence-corrected chi connectivity index (χ3v) is 5.32. The second kappa shape index (κ2) is 5.51. The van der Waals surface area contributed by atoms with Crippen molar-refractivity contribution < 1.29 is 4.92 Å². The van der Waals surface area contributed by atoms with E-state index in [1.165, 1.54) is 12.8 Å². The van der Waals surface area contributed by atoms with Gasteiger partial charge in [0, 0.05) is 28.3 Å². The summed E-state index contributed by atoms with van der Waals surface area (Å²) in [6, 6.07) is 6.92. The zero-order chi connectivity index (χ0) is 14.0. The zero-order valence-electron chi connectivity index (χ0n) is 11.3. The molecular weight excluding hydrogens is 260 g/mol. The fraction of sp³-hybridized carbons (Fsp3) is 0.571. The number of thioether (sulfide) groups is 1. The average molecular weight is 280 g/mol. The molecule has 2 N–H and O–H groups in total. The monoisotopic (exact) mass is 280 g/mol. The molecule has 1 aliphatic rings. The molecule has 1 aromatic carbocycles. The van der Waals surface area contributed by atoms with Crippen LogP contribution in [0.3, 0.4) is 0 Å². The maximum Gasteiger partial charge on any atom is 0.269 e. The van der Waals surface area contributed by atoms with Crippen LogP contribution in [-0.4, -0.2) is 16.2 Å². The van der Waals surface area contributed by atoms with Gasteiger partial charge in [0.1, 0.15) is 0 Å². The quantitative estimate of drug-likeness (QED) is 0.678. The van der Waals surface area contributed by atoms with Crippen LogP contribution in [0.25, 0.3) is 0 Å². The molecule has 4 nitrogen and oxygen atoms in total. The lowest BCUT2D eigenvalue weighted by atomic mass is 9.73. The van der Waals surface area contributed by atoms with Crippen LogP contribution >= 0.6 is 11.8 Å². The molecule has 0 amide bonds. The number of non-ortho nitro benzene ring substituents is 1. The summed E-state index contributed by atoms with van der Waals surface area (Å²) in [5, 5.41) is 11.0. The van der Waals surface area contributed by atoms with E-state index in [2.05, 4.69) is 13.8 Å². The number of hydrogen-bond acceptors (Lipinski definition) is 4. The van der Waals surface area contributed by atoms with Crippen LogP contribution in [0.15, 0.2) is 29.2 Å². The molecule has 0 aromatic heterocycles. The average Bonchev–Trinajstić information content (AvgIpc) is 2.35. The first-order chi connectivity index (χ1) is 8.90. The smallest absolute Gasteiger partial charge is 0.269 e. The first-order valence-corrected chi connectivity index (χ1v) is 7.45. The largest absolute Gasteiger partial charge is 0.326 e. The van der Waals surface area contributed by atoms with Gasteiger partial charge in [-0.3, -0.25) is 10.1 Å². The van der Waals surface area contributed by atoms with Crippen LogP contribution in [-0.2, 0) is 0 Å². The minimum absolute atomic E-state index is 0.137. The molecule has 0 aliphatic heterocycles. The molecule has 0 saturated heterocycles. The van der Waals surface area contributed by atoms with E-state index in [1.54, 1.807) is 23.9 Å². The van der Waals surface area contributed by atoms with Crippen molar-refractivity contribution in [3.05, 3.63) is 34.4 Å². The van der Waals surface area contributed by atoms with Gasteiger partial charge in [-0.25, -0.2) is 0 Å². The summed E-state index contributed by atoms with van der Waals surface area (Å²) in [7, 11) is 0. The number of nitro benzene ring substituents is 1. The fourth-order valence-corrected chi connectivity index (χ4v) is 4.00. The molecule has 5 heteroatoms. The van der Waals surface area contributed by atoms with Crippen LogP contribution in [0.1, 0.15) is 33.1 Å². The van der Waals surface area contributed by atoms with E-state index in [-0.39, 0.29) is 22.1 Å². The Hall–Kier alpha value is -1.07. The molecule has 0 bridgehead atoms. The highest BCUT2D eigenvalue weighted by molar-refractivity contribution is 8.00. The predicted molar refractivity (Wildman–Crippen MR) is 78.3 cm³/mol. The number of hydrogen-bond donors (Lipinski definition) is 1. The topological polar surface area (TPSA) is 69.2 Å². The molecule has 19 heavy (non-hydrogen) atoms. The van der Waals surface area contributed by atoms with Crippen molar-refractivity contribution in [1.29, 1.82) is 0 Å². The molecule has 2 unspecified atom stereocenters. The summed E-state index contributed by atoms with van der Waals surface area (Å²) >= 11 is 1.75. The van der Waals surface area contributed by atoms with Crippen molar-refractivity contribution in [2.45, 2.75) is 49.3 Å². The summed E-state index contributed by atoms with van der Waals surface area (Å²) < 4.78 is 0. The Bertz CT molecular complexity index is 459. The minimum atomic E-state index is -0.371. The highest BCUT2D eigenvalue weighted by Gasteiger charge is 2.36. The molecule has 1 fully saturated rings. The van der Waals surface area contributed by atoms with Gasteiger partial charge in [0.25, 0.3) is 5.69 Å². The second-order valence-corrected chi connectivity index (χ2v) is 7.13. The van der Waals surface area contributed by atoms with E-state index in [1.807, 2.05) is 12.1 Å². The highest BCUT2D eigenvalue weighted by atomic mass is 32.2. The third kappa shape index (κ3) is 3.28. The van der Waals surface area contributed by atoms with Gasteiger partial charge in [0.05, 0.1) is 4.92 Å². The van der Waals surface area contributed by atoms with Gasteiger partial charge in [-0.05, 0) is 30.4 Å². The van der Waals surface area contributed by atoms with Gasteiger partial charge in [-0.1, -0.05) is 20.3 Å². The number of rotatable bonds is 3. The standard InChI is InChI=1S/C14H20N2O2S/c1-14(2)9-3-4-12(13(14)15)19-11-7-5-10(6-8-11)16(17)18/h5-8,12-13H,3-4,9,15H2,1-2H3. The Labute approximate surface area is 117 Å². The maximum absolute atomic E-state index is 10.6. The van der Waals surface area contributed by atoms with E-state index >= 15 is 0 Å². The van der Waals surface area contributed by atoms with Crippen molar-refractivity contribution in [1.82, 2.24) is 0 Å². The first kappa shape index (κ1) is 14.3. The fourth-order valence-electron chi connectivity index (χ4n) is 2.56. The molecule has 0 radical (unpaired) electrons. The van der Waals surface area contributed by atoms with E-state index in [0.717, 1.165) is 11.3 Å². The number of nitrogens with two attached hydrogens (primary N) is 1. The Balaban J connectivity index is 2.06.